The maximum absolute atomic E-state index is 3.78. The monoisotopic (exact) mass is 282 g/mol. The normalized spacial score (nSPS) is 25.1. The molecule has 1 fully saturated rings. The van der Waals surface area contributed by atoms with E-state index in [0.29, 0.717) is 6.04 Å². The summed E-state index contributed by atoms with van der Waals surface area (Å²) in [7, 11) is 0. The molecule has 0 saturated carbocycles. The van der Waals surface area contributed by atoms with Crippen LogP contribution in [0.25, 0.3) is 0 Å². The topological polar surface area (TPSA) is 15.3 Å². The SMILES string of the molecule is CC(C)CCCCN1CC(CC(C)C)NCC1C(C)C. The molecule has 20 heavy (non-hydrogen) atoms. The van der Waals surface area contributed by atoms with Gasteiger partial charge in [0.1, 0.15) is 0 Å². The van der Waals surface area contributed by atoms with Gasteiger partial charge in [-0.1, -0.05) is 54.4 Å². The van der Waals surface area contributed by atoms with E-state index in [1.807, 2.05) is 0 Å². The fourth-order valence-electron chi connectivity index (χ4n) is 3.41. The summed E-state index contributed by atoms with van der Waals surface area (Å²) in [5.74, 6) is 2.41. The van der Waals surface area contributed by atoms with Crippen molar-refractivity contribution in [3.05, 3.63) is 0 Å². The highest BCUT2D eigenvalue weighted by molar-refractivity contribution is 4.88. The third-order valence-corrected chi connectivity index (χ3v) is 4.54. The number of nitrogens with one attached hydrogen (secondary N) is 1. The van der Waals surface area contributed by atoms with E-state index in [1.165, 1.54) is 45.3 Å². The van der Waals surface area contributed by atoms with Crippen molar-refractivity contribution in [2.75, 3.05) is 19.6 Å². The summed E-state index contributed by atoms with van der Waals surface area (Å²) in [5, 5.41) is 3.78. The van der Waals surface area contributed by atoms with Gasteiger partial charge in [0.2, 0.25) is 0 Å². The smallest absolute Gasteiger partial charge is 0.0244 e. The Hall–Kier alpha value is -0.0800. The van der Waals surface area contributed by atoms with Crippen molar-refractivity contribution in [3.63, 3.8) is 0 Å². The molecule has 0 bridgehead atoms. The summed E-state index contributed by atoms with van der Waals surface area (Å²) < 4.78 is 0. The van der Waals surface area contributed by atoms with E-state index in [0.717, 1.165) is 23.8 Å². The molecule has 0 spiro atoms. The number of hydrogen-bond acceptors (Lipinski definition) is 2. The van der Waals surface area contributed by atoms with E-state index in [9.17, 15) is 0 Å². The van der Waals surface area contributed by atoms with Crippen molar-refractivity contribution in [1.82, 2.24) is 10.2 Å². The van der Waals surface area contributed by atoms with E-state index in [-0.39, 0.29) is 0 Å². The summed E-state index contributed by atoms with van der Waals surface area (Å²) in [5.41, 5.74) is 0. The molecule has 0 aromatic carbocycles. The zero-order valence-corrected chi connectivity index (χ0v) is 14.8. The lowest BCUT2D eigenvalue weighted by molar-refractivity contribution is 0.0900. The van der Waals surface area contributed by atoms with Gasteiger partial charge in [0.15, 0.2) is 0 Å². The number of rotatable bonds is 8. The molecular weight excluding hydrogens is 244 g/mol. The minimum absolute atomic E-state index is 0.704. The van der Waals surface area contributed by atoms with Crippen LogP contribution in [0.15, 0.2) is 0 Å². The second-order valence-electron chi connectivity index (χ2n) is 7.93. The predicted molar refractivity (Wildman–Crippen MR) is 90.1 cm³/mol. The summed E-state index contributed by atoms with van der Waals surface area (Å²) in [6.45, 7) is 17.8. The first-order chi connectivity index (χ1) is 9.40. The van der Waals surface area contributed by atoms with Crippen molar-refractivity contribution in [3.8, 4) is 0 Å². The van der Waals surface area contributed by atoms with Gasteiger partial charge in [-0.25, -0.2) is 0 Å². The Morgan fingerprint density at radius 2 is 1.70 bits per heavy atom. The average Bonchev–Trinajstić information content (AvgIpc) is 2.33. The van der Waals surface area contributed by atoms with Gasteiger partial charge in [-0.2, -0.15) is 0 Å². The van der Waals surface area contributed by atoms with Gasteiger partial charge in [-0.05, 0) is 37.1 Å². The van der Waals surface area contributed by atoms with Crippen molar-refractivity contribution in [2.24, 2.45) is 17.8 Å². The number of unbranched alkanes of at least 4 members (excludes halogenated alkanes) is 1. The molecule has 1 aliphatic rings. The lowest BCUT2D eigenvalue weighted by atomic mass is 9.94. The number of hydrogen-bond donors (Lipinski definition) is 1. The van der Waals surface area contributed by atoms with E-state index in [1.54, 1.807) is 0 Å². The molecule has 0 amide bonds. The molecule has 120 valence electrons. The van der Waals surface area contributed by atoms with Crippen LogP contribution in [0.5, 0.6) is 0 Å². The lowest BCUT2D eigenvalue weighted by Crippen LogP contribution is -2.58. The molecule has 2 heteroatoms. The Kier molecular flexibility index (Phi) is 8.13. The third kappa shape index (κ3) is 6.58. The Morgan fingerprint density at radius 3 is 2.25 bits per heavy atom. The highest BCUT2D eigenvalue weighted by Crippen LogP contribution is 2.19. The molecular formula is C18H38N2. The minimum atomic E-state index is 0.704. The van der Waals surface area contributed by atoms with Crippen LogP contribution in [0.1, 0.15) is 67.2 Å². The van der Waals surface area contributed by atoms with Gasteiger partial charge in [0, 0.05) is 25.2 Å². The first-order valence-corrected chi connectivity index (χ1v) is 8.87. The van der Waals surface area contributed by atoms with Gasteiger partial charge in [-0.3, -0.25) is 4.90 Å². The Labute approximate surface area is 127 Å². The average molecular weight is 283 g/mol. The molecule has 0 aromatic rings. The van der Waals surface area contributed by atoms with E-state index in [2.05, 4.69) is 51.8 Å². The standard InChI is InChI=1S/C18H38N2/c1-14(2)9-7-8-10-20-13-17(11-15(3)4)19-12-18(20)16(5)6/h14-19H,7-13H2,1-6H3. The minimum Gasteiger partial charge on any atom is -0.311 e. The van der Waals surface area contributed by atoms with Crippen molar-refractivity contribution >= 4 is 0 Å². The van der Waals surface area contributed by atoms with Crippen LogP contribution in [0.2, 0.25) is 0 Å². The fourth-order valence-corrected chi connectivity index (χ4v) is 3.41. The molecule has 2 atom stereocenters. The lowest BCUT2D eigenvalue weighted by Gasteiger charge is -2.43. The van der Waals surface area contributed by atoms with Crippen molar-refractivity contribution in [1.29, 1.82) is 0 Å². The molecule has 0 aromatic heterocycles. The molecule has 1 rings (SSSR count). The molecule has 1 saturated heterocycles. The zero-order valence-electron chi connectivity index (χ0n) is 14.8. The molecule has 2 unspecified atom stereocenters. The van der Waals surface area contributed by atoms with Crippen molar-refractivity contribution < 1.29 is 0 Å². The molecule has 1 aliphatic heterocycles. The van der Waals surface area contributed by atoms with E-state index < -0.39 is 0 Å². The summed E-state index contributed by atoms with van der Waals surface area (Å²) in [6.07, 6.45) is 5.46. The maximum atomic E-state index is 3.78. The maximum Gasteiger partial charge on any atom is 0.0244 e. The Bertz CT molecular complexity index is 248. The van der Waals surface area contributed by atoms with Gasteiger partial charge in [-0.15, -0.1) is 0 Å². The van der Waals surface area contributed by atoms with E-state index in [4.69, 9.17) is 0 Å². The van der Waals surface area contributed by atoms with Gasteiger partial charge >= 0.3 is 0 Å². The highest BCUT2D eigenvalue weighted by Gasteiger charge is 2.29. The highest BCUT2D eigenvalue weighted by atomic mass is 15.2. The second kappa shape index (κ2) is 9.04. The van der Waals surface area contributed by atoms with Crippen LogP contribution in [0.3, 0.4) is 0 Å². The first-order valence-electron chi connectivity index (χ1n) is 8.87. The van der Waals surface area contributed by atoms with Crippen LogP contribution < -0.4 is 5.32 Å². The van der Waals surface area contributed by atoms with Gasteiger partial charge < -0.3 is 5.32 Å². The van der Waals surface area contributed by atoms with Crippen LogP contribution in [-0.2, 0) is 0 Å². The number of nitrogens with zero attached hydrogens (tertiary/aromatic N) is 1. The predicted octanol–water partition coefficient (Wildman–Crippen LogP) is 4.16. The van der Waals surface area contributed by atoms with E-state index >= 15 is 0 Å². The summed E-state index contributed by atoms with van der Waals surface area (Å²) in [4.78, 5) is 2.77. The Morgan fingerprint density at radius 1 is 1.00 bits per heavy atom. The summed E-state index contributed by atoms with van der Waals surface area (Å²) in [6, 6.07) is 1.44. The third-order valence-electron chi connectivity index (χ3n) is 4.54. The summed E-state index contributed by atoms with van der Waals surface area (Å²) >= 11 is 0. The molecule has 0 radical (unpaired) electrons. The molecule has 1 heterocycles. The molecule has 1 N–H and O–H groups in total. The first kappa shape index (κ1) is 18.0. The Balaban J connectivity index is 2.42. The van der Waals surface area contributed by atoms with Crippen molar-refractivity contribution in [2.45, 2.75) is 79.3 Å². The molecule has 0 aliphatic carbocycles. The quantitative estimate of drug-likeness (QED) is 0.673. The van der Waals surface area contributed by atoms with Crippen LogP contribution in [0.4, 0.5) is 0 Å². The number of piperazine rings is 1. The molecule has 2 nitrogen and oxygen atoms in total. The fraction of sp³-hybridized carbons (Fsp3) is 1.00. The van der Waals surface area contributed by atoms with Crippen LogP contribution in [0, 0.1) is 17.8 Å². The largest absolute Gasteiger partial charge is 0.311 e. The van der Waals surface area contributed by atoms with Crippen LogP contribution >= 0.6 is 0 Å². The van der Waals surface area contributed by atoms with Gasteiger partial charge in [0.25, 0.3) is 0 Å². The zero-order chi connectivity index (χ0) is 15.1. The van der Waals surface area contributed by atoms with Crippen LogP contribution in [-0.4, -0.2) is 36.6 Å². The second-order valence-corrected chi connectivity index (χ2v) is 7.93. The van der Waals surface area contributed by atoms with Gasteiger partial charge in [0.05, 0.1) is 0 Å².